The number of hydrogen-bond donors (Lipinski definition) is 2. The summed E-state index contributed by atoms with van der Waals surface area (Å²) in [5, 5.41) is 20.2. The van der Waals surface area contributed by atoms with Gasteiger partial charge in [0.1, 0.15) is 17.1 Å². The molecule has 0 radical (unpaired) electrons. The zero-order chi connectivity index (χ0) is 12.7. The standard InChI is InChI=1S/C12H13FN2O2/c13-9-5-4-6-10(16)11(9)12(17)15-8-3-1-2-7-14/h4-6,16H,1-3,8H2,(H,15,17). The SMILES string of the molecule is N#CCCCCNC(=O)c1c(O)cccc1F. The zero-order valence-corrected chi connectivity index (χ0v) is 9.24. The van der Waals surface area contributed by atoms with E-state index in [0.29, 0.717) is 25.8 Å². The molecule has 0 atom stereocenters. The summed E-state index contributed by atoms with van der Waals surface area (Å²) in [5.41, 5.74) is -0.340. The van der Waals surface area contributed by atoms with Crippen LogP contribution in [0.3, 0.4) is 0 Å². The van der Waals surface area contributed by atoms with Gasteiger partial charge in [-0.2, -0.15) is 5.26 Å². The number of aromatic hydroxyl groups is 1. The lowest BCUT2D eigenvalue weighted by atomic mass is 10.1. The minimum absolute atomic E-state index is 0.340. The van der Waals surface area contributed by atoms with Gasteiger partial charge < -0.3 is 10.4 Å². The lowest BCUT2D eigenvalue weighted by Gasteiger charge is -2.06. The smallest absolute Gasteiger partial charge is 0.258 e. The van der Waals surface area contributed by atoms with Crippen LogP contribution in [-0.4, -0.2) is 17.6 Å². The van der Waals surface area contributed by atoms with E-state index in [-0.39, 0.29) is 11.3 Å². The number of benzene rings is 1. The van der Waals surface area contributed by atoms with E-state index in [1.807, 2.05) is 6.07 Å². The number of amides is 1. The van der Waals surface area contributed by atoms with E-state index >= 15 is 0 Å². The molecule has 1 rings (SSSR count). The average molecular weight is 236 g/mol. The molecule has 0 saturated heterocycles. The van der Waals surface area contributed by atoms with E-state index in [2.05, 4.69) is 5.32 Å². The molecular weight excluding hydrogens is 223 g/mol. The lowest BCUT2D eigenvalue weighted by Crippen LogP contribution is -2.25. The van der Waals surface area contributed by atoms with Crippen molar-refractivity contribution in [3.8, 4) is 11.8 Å². The number of phenolic OH excluding ortho intramolecular Hbond substituents is 1. The highest BCUT2D eigenvalue weighted by Gasteiger charge is 2.15. The quantitative estimate of drug-likeness (QED) is 0.767. The van der Waals surface area contributed by atoms with Crippen LogP contribution in [0.5, 0.6) is 5.75 Å². The second kappa shape index (κ2) is 6.48. The summed E-state index contributed by atoms with van der Waals surface area (Å²) in [5.74, 6) is -1.77. The summed E-state index contributed by atoms with van der Waals surface area (Å²) in [6.07, 6.45) is 1.76. The van der Waals surface area contributed by atoms with Gasteiger partial charge in [0.2, 0.25) is 0 Å². The minimum atomic E-state index is -0.750. The van der Waals surface area contributed by atoms with Gasteiger partial charge in [0.05, 0.1) is 6.07 Å². The fourth-order valence-corrected chi connectivity index (χ4v) is 1.36. The third-order valence-electron chi connectivity index (χ3n) is 2.22. The highest BCUT2D eigenvalue weighted by Crippen LogP contribution is 2.19. The van der Waals surface area contributed by atoms with Crippen molar-refractivity contribution in [3.63, 3.8) is 0 Å². The Balaban J connectivity index is 2.51. The normalized spacial score (nSPS) is 9.65. The molecule has 0 heterocycles. The maximum Gasteiger partial charge on any atom is 0.258 e. The molecule has 1 amide bonds. The zero-order valence-electron chi connectivity index (χ0n) is 9.24. The van der Waals surface area contributed by atoms with Crippen LogP contribution in [0.15, 0.2) is 18.2 Å². The number of carbonyl (C=O) groups is 1. The molecule has 0 aliphatic heterocycles. The van der Waals surface area contributed by atoms with Crippen molar-refractivity contribution >= 4 is 5.91 Å². The van der Waals surface area contributed by atoms with Gasteiger partial charge >= 0.3 is 0 Å². The average Bonchev–Trinajstić information content (AvgIpc) is 2.28. The summed E-state index contributed by atoms with van der Waals surface area (Å²) in [4.78, 5) is 11.5. The highest BCUT2D eigenvalue weighted by molar-refractivity contribution is 5.97. The first-order chi connectivity index (χ1) is 8.16. The van der Waals surface area contributed by atoms with Crippen LogP contribution in [0.4, 0.5) is 4.39 Å². The number of nitrogens with zero attached hydrogens (tertiary/aromatic N) is 1. The molecule has 0 aliphatic carbocycles. The lowest BCUT2D eigenvalue weighted by molar-refractivity contribution is 0.0946. The number of rotatable bonds is 5. The van der Waals surface area contributed by atoms with Crippen LogP contribution < -0.4 is 5.32 Å². The van der Waals surface area contributed by atoms with Crippen LogP contribution >= 0.6 is 0 Å². The van der Waals surface area contributed by atoms with Crippen molar-refractivity contribution in [2.24, 2.45) is 0 Å². The summed E-state index contributed by atoms with van der Waals surface area (Å²) < 4.78 is 13.3. The molecule has 0 bridgehead atoms. The monoisotopic (exact) mass is 236 g/mol. The second-order valence-electron chi connectivity index (χ2n) is 3.51. The van der Waals surface area contributed by atoms with Crippen molar-refractivity contribution in [1.29, 1.82) is 5.26 Å². The Hall–Kier alpha value is -2.09. The third kappa shape index (κ3) is 3.76. The fraction of sp³-hybridized carbons (Fsp3) is 0.333. The molecule has 90 valence electrons. The van der Waals surface area contributed by atoms with Crippen molar-refractivity contribution < 1.29 is 14.3 Å². The maximum absolute atomic E-state index is 13.3. The third-order valence-corrected chi connectivity index (χ3v) is 2.22. The van der Waals surface area contributed by atoms with Gasteiger partial charge in [0.15, 0.2) is 0 Å². The fourth-order valence-electron chi connectivity index (χ4n) is 1.36. The Labute approximate surface area is 98.7 Å². The molecule has 2 N–H and O–H groups in total. The number of hydrogen-bond acceptors (Lipinski definition) is 3. The molecule has 4 nitrogen and oxygen atoms in total. The van der Waals surface area contributed by atoms with Crippen LogP contribution in [0.1, 0.15) is 29.6 Å². The summed E-state index contributed by atoms with van der Waals surface area (Å²) in [6, 6.07) is 5.69. The van der Waals surface area contributed by atoms with Gasteiger partial charge in [-0.05, 0) is 25.0 Å². The topological polar surface area (TPSA) is 73.1 Å². The molecule has 1 aromatic carbocycles. The summed E-state index contributed by atoms with van der Waals surface area (Å²) in [6.45, 7) is 0.355. The molecule has 0 spiro atoms. The maximum atomic E-state index is 13.3. The number of carbonyl (C=O) groups excluding carboxylic acids is 1. The Morgan fingerprint density at radius 3 is 2.88 bits per heavy atom. The van der Waals surface area contributed by atoms with E-state index < -0.39 is 11.7 Å². The number of nitriles is 1. The van der Waals surface area contributed by atoms with Gasteiger partial charge in [0.25, 0.3) is 5.91 Å². The largest absolute Gasteiger partial charge is 0.507 e. The molecule has 0 fully saturated rings. The van der Waals surface area contributed by atoms with Gasteiger partial charge in [0, 0.05) is 13.0 Å². The van der Waals surface area contributed by atoms with Gasteiger partial charge in [-0.3, -0.25) is 4.79 Å². The van der Waals surface area contributed by atoms with Crippen LogP contribution in [0.25, 0.3) is 0 Å². The Morgan fingerprint density at radius 2 is 2.24 bits per heavy atom. The first kappa shape index (κ1) is 13.0. The molecule has 0 saturated carbocycles. The van der Waals surface area contributed by atoms with Crippen LogP contribution in [-0.2, 0) is 0 Å². The molecule has 17 heavy (non-hydrogen) atoms. The van der Waals surface area contributed by atoms with Gasteiger partial charge in [-0.15, -0.1) is 0 Å². The Morgan fingerprint density at radius 1 is 1.47 bits per heavy atom. The number of nitrogens with one attached hydrogen (secondary N) is 1. The Kier molecular flexibility index (Phi) is 4.95. The number of halogens is 1. The van der Waals surface area contributed by atoms with E-state index in [0.717, 1.165) is 6.07 Å². The van der Waals surface area contributed by atoms with E-state index in [9.17, 15) is 14.3 Å². The summed E-state index contributed by atoms with van der Waals surface area (Å²) >= 11 is 0. The highest BCUT2D eigenvalue weighted by atomic mass is 19.1. The minimum Gasteiger partial charge on any atom is -0.507 e. The first-order valence-electron chi connectivity index (χ1n) is 5.29. The second-order valence-corrected chi connectivity index (χ2v) is 3.51. The van der Waals surface area contributed by atoms with Gasteiger partial charge in [-0.25, -0.2) is 4.39 Å². The predicted octanol–water partition coefficient (Wildman–Crippen LogP) is 1.95. The first-order valence-corrected chi connectivity index (χ1v) is 5.29. The molecule has 0 aliphatic rings. The molecular formula is C12H13FN2O2. The number of unbranched alkanes of at least 4 members (excludes halogenated alkanes) is 2. The predicted molar refractivity (Wildman–Crippen MR) is 59.9 cm³/mol. The van der Waals surface area contributed by atoms with E-state index in [4.69, 9.17) is 5.26 Å². The Bertz CT molecular complexity index is 420. The van der Waals surface area contributed by atoms with Crippen molar-refractivity contribution in [3.05, 3.63) is 29.6 Å². The van der Waals surface area contributed by atoms with E-state index in [1.54, 1.807) is 0 Å². The van der Waals surface area contributed by atoms with Crippen molar-refractivity contribution in [1.82, 2.24) is 5.32 Å². The molecule has 1 aromatic rings. The number of phenols is 1. The summed E-state index contributed by atoms with van der Waals surface area (Å²) in [7, 11) is 0. The molecule has 0 aromatic heterocycles. The van der Waals surface area contributed by atoms with Crippen LogP contribution in [0, 0.1) is 17.1 Å². The van der Waals surface area contributed by atoms with Crippen molar-refractivity contribution in [2.75, 3.05) is 6.54 Å². The molecule has 0 unspecified atom stereocenters. The van der Waals surface area contributed by atoms with Crippen molar-refractivity contribution in [2.45, 2.75) is 19.3 Å². The van der Waals surface area contributed by atoms with Crippen LogP contribution in [0.2, 0.25) is 0 Å². The molecule has 5 heteroatoms. The van der Waals surface area contributed by atoms with Gasteiger partial charge in [-0.1, -0.05) is 6.07 Å². The van der Waals surface area contributed by atoms with E-state index in [1.165, 1.54) is 12.1 Å².